The van der Waals surface area contributed by atoms with E-state index in [4.69, 9.17) is 9.47 Å². The lowest BCUT2D eigenvalue weighted by atomic mass is 10.2. The Morgan fingerprint density at radius 1 is 0.962 bits per heavy atom. The van der Waals surface area contributed by atoms with Gasteiger partial charge in [-0.3, -0.25) is 9.52 Å². The lowest BCUT2D eigenvalue weighted by Crippen LogP contribution is -2.18. The van der Waals surface area contributed by atoms with E-state index in [-0.39, 0.29) is 10.8 Å². The molecule has 0 radical (unpaired) electrons. The van der Waals surface area contributed by atoms with Crippen LogP contribution in [0.15, 0.2) is 47.4 Å². The number of hydrogen-bond donors (Lipinski definition) is 2. The van der Waals surface area contributed by atoms with E-state index in [1.807, 2.05) is 13.8 Å². The van der Waals surface area contributed by atoms with Crippen LogP contribution in [-0.2, 0) is 10.0 Å². The summed E-state index contributed by atoms with van der Waals surface area (Å²) < 4.78 is 38.6. The van der Waals surface area contributed by atoms with Crippen molar-refractivity contribution in [1.82, 2.24) is 5.32 Å². The highest BCUT2D eigenvalue weighted by Gasteiger charge is 2.18. The van der Waals surface area contributed by atoms with Crippen LogP contribution >= 0.6 is 0 Å². The molecule has 0 aliphatic carbocycles. The third-order valence-electron chi connectivity index (χ3n) is 3.45. The number of carbonyl (C=O) groups excluding carboxylic acids is 1. The zero-order valence-corrected chi connectivity index (χ0v) is 15.7. The van der Waals surface area contributed by atoms with Crippen LogP contribution in [0.5, 0.6) is 11.5 Å². The summed E-state index contributed by atoms with van der Waals surface area (Å²) in [7, 11) is -2.28. The first-order valence-corrected chi connectivity index (χ1v) is 9.64. The number of ether oxygens (including phenoxy) is 2. The molecule has 0 aliphatic heterocycles. The second kappa shape index (κ2) is 8.57. The van der Waals surface area contributed by atoms with Crippen LogP contribution in [0.2, 0.25) is 0 Å². The third-order valence-corrected chi connectivity index (χ3v) is 4.83. The van der Waals surface area contributed by atoms with Crippen LogP contribution in [-0.4, -0.2) is 34.6 Å². The molecular formula is C18H22N2O5S. The maximum Gasteiger partial charge on any atom is 0.262 e. The van der Waals surface area contributed by atoms with Gasteiger partial charge in [0.1, 0.15) is 0 Å². The van der Waals surface area contributed by atoms with Crippen LogP contribution in [0.1, 0.15) is 24.2 Å². The summed E-state index contributed by atoms with van der Waals surface area (Å²) in [5, 5.41) is 2.51. The second-order valence-electron chi connectivity index (χ2n) is 5.24. The summed E-state index contributed by atoms with van der Waals surface area (Å²) in [6.07, 6.45) is 0. The molecule has 140 valence electrons. The summed E-state index contributed by atoms with van der Waals surface area (Å²) in [5.74, 6) is 0.614. The van der Waals surface area contributed by atoms with Gasteiger partial charge in [-0.25, -0.2) is 8.42 Å². The lowest BCUT2D eigenvalue weighted by molar-refractivity contribution is 0.0963. The highest BCUT2D eigenvalue weighted by Crippen LogP contribution is 2.31. The number of rotatable bonds is 8. The molecule has 0 bridgehead atoms. The molecule has 26 heavy (non-hydrogen) atoms. The van der Waals surface area contributed by atoms with Gasteiger partial charge in [0, 0.05) is 24.4 Å². The van der Waals surface area contributed by atoms with Crippen LogP contribution in [0.25, 0.3) is 0 Å². The van der Waals surface area contributed by atoms with Gasteiger partial charge in [-0.2, -0.15) is 0 Å². The average Bonchev–Trinajstić information content (AvgIpc) is 2.63. The van der Waals surface area contributed by atoms with Crippen molar-refractivity contribution in [3.8, 4) is 11.5 Å². The second-order valence-corrected chi connectivity index (χ2v) is 6.92. The van der Waals surface area contributed by atoms with Crippen molar-refractivity contribution in [2.24, 2.45) is 0 Å². The molecule has 8 heteroatoms. The normalized spacial score (nSPS) is 10.9. The van der Waals surface area contributed by atoms with Crippen molar-refractivity contribution in [2.75, 3.05) is 25.0 Å². The summed E-state index contributed by atoms with van der Waals surface area (Å²) in [6.45, 7) is 4.48. The van der Waals surface area contributed by atoms with E-state index in [9.17, 15) is 13.2 Å². The molecule has 2 aromatic rings. The van der Waals surface area contributed by atoms with Crippen molar-refractivity contribution in [3.63, 3.8) is 0 Å². The van der Waals surface area contributed by atoms with E-state index in [1.165, 1.54) is 31.3 Å². The highest BCUT2D eigenvalue weighted by molar-refractivity contribution is 7.92. The summed E-state index contributed by atoms with van der Waals surface area (Å²) >= 11 is 0. The van der Waals surface area contributed by atoms with Crippen LogP contribution < -0.4 is 19.5 Å². The summed E-state index contributed by atoms with van der Waals surface area (Å²) in [5.41, 5.74) is 0.791. The quantitative estimate of drug-likeness (QED) is 0.736. The Bertz CT molecular complexity index is 864. The van der Waals surface area contributed by atoms with Crippen molar-refractivity contribution < 1.29 is 22.7 Å². The molecule has 2 N–H and O–H groups in total. The summed E-state index contributed by atoms with van der Waals surface area (Å²) in [4.78, 5) is 11.6. The Kier molecular flexibility index (Phi) is 6.46. The molecule has 0 fully saturated rings. The number of anilines is 1. The number of hydrogen-bond acceptors (Lipinski definition) is 5. The van der Waals surface area contributed by atoms with Gasteiger partial charge in [0.25, 0.3) is 15.9 Å². The lowest BCUT2D eigenvalue weighted by Gasteiger charge is -2.13. The minimum Gasteiger partial charge on any atom is -0.490 e. The Labute approximate surface area is 153 Å². The predicted molar refractivity (Wildman–Crippen MR) is 99.4 cm³/mol. The van der Waals surface area contributed by atoms with Gasteiger partial charge >= 0.3 is 0 Å². The molecule has 0 unspecified atom stereocenters. The largest absolute Gasteiger partial charge is 0.490 e. The third kappa shape index (κ3) is 4.66. The number of benzene rings is 2. The average molecular weight is 378 g/mol. The molecule has 2 aromatic carbocycles. The molecule has 0 aliphatic rings. The Hall–Kier alpha value is -2.74. The SMILES string of the molecule is CCOc1ccc(S(=O)(=O)Nc2ccc(C(=O)NC)cc2)cc1OCC. The maximum atomic E-state index is 12.6. The summed E-state index contributed by atoms with van der Waals surface area (Å²) in [6, 6.07) is 10.6. The van der Waals surface area contributed by atoms with Gasteiger partial charge in [-0.15, -0.1) is 0 Å². The van der Waals surface area contributed by atoms with Gasteiger partial charge in [0.2, 0.25) is 0 Å². The van der Waals surface area contributed by atoms with Crippen molar-refractivity contribution >= 4 is 21.6 Å². The van der Waals surface area contributed by atoms with Gasteiger partial charge in [0.05, 0.1) is 18.1 Å². The molecule has 0 atom stereocenters. The number of sulfonamides is 1. The van der Waals surface area contributed by atoms with Gasteiger partial charge in [-0.1, -0.05) is 0 Å². The van der Waals surface area contributed by atoms with Crippen molar-refractivity contribution in [3.05, 3.63) is 48.0 Å². The fourth-order valence-electron chi connectivity index (χ4n) is 2.25. The van der Waals surface area contributed by atoms with Crippen molar-refractivity contribution in [1.29, 1.82) is 0 Å². The monoisotopic (exact) mass is 378 g/mol. The van der Waals surface area contributed by atoms with Gasteiger partial charge in [-0.05, 0) is 50.2 Å². The zero-order chi connectivity index (χ0) is 19.2. The molecule has 7 nitrogen and oxygen atoms in total. The topological polar surface area (TPSA) is 93.7 Å². The standard InChI is InChI=1S/C18H22N2O5S/c1-4-24-16-11-10-15(12-17(16)25-5-2)26(22,23)20-14-8-6-13(7-9-14)18(21)19-3/h6-12,20H,4-5H2,1-3H3,(H,19,21). The zero-order valence-electron chi connectivity index (χ0n) is 14.9. The fourth-order valence-corrected chi connectivity index (χ4v) is 3.32. The van der Waals surface area contributed by atoms with E-state index >= 15 is 0 Å². The maximum absolute atomic E-state index is 12.6. The molecule has 0 heterocycles. The smallest absolute Gasteiger partial charge is 0.262 e. The molecular weight excluding hydrogens is 356 g/mol. The Morgan fingerprint density at radius 2 is 1.58 bits per heavy atom. The molecule has 0 aromatic heterocycles. The fraction of sp³-hybridized carbons (Fsp3) is 0.278. The molecule has 0 spiro atoms. The van der Waals surface area contributed by atoms with E-state index in [2.05, 4.69) is 10.0 Å². The van der Waals surface area contributed by atoms with Crippen molar-refractivity contribution in [2.45, 2.75) is 18.7 Å². The van der Waals surface area contributed by atoms with E-state index < -0.39 is 10.0 Å². The predicted octanol–water partition coefficient (Wildman–Crippen LogP) is 2.64. The molecule has 2 rings (SSSR count). The minimum atomic E-state index is -3.81. The number of amides is 1. The van der Waals surface area contributed by atoms with Crippen LogP contribution in [0.3, 0.4) is 0 Å². The Balaban J connectivity index is 2.26. The minimum absolute atomic E-state index is 0.0554. The van der Waals surface area contributed by atoms with E-state index in [0.29, 0.717) is 36.0 Å². The number of carbonyl (C=O) groups is 1. The first-order chi connectivity index (χ1) is 12.4. The molecule has 0 saturated heterocycles. The van der Waals surface area contributed by atoms with Gasteiger partial charge in [0.15, 0.2) is 11.5 Å². The first-order valence-electron chi connectivity index (χ1n) is 8.15. The van der Waals surface area contributed by atoms with Crippen LogP contribution in [0, 0.1) is 0 Å². The highest BCUT2D eigenvalue weighted by atomic mass is 32.2. The number of nitrogens with one attached hydrogen (secondary N) is 2. The van der Waals surface area contributed by atoms with E-state index in [0.717, 1.165) is 0 Å². The Morgan fingerprint density at radius 3 is 2.15 bits per heavy atom. The molecule has 0 saturated carbocycles. The van der Waals surface area contributed by atoms with Gasteiger partial charge < -0.3 is 14.8 Å². The molecule has 1 amide bonds. The van der Waals surface area contributed by atoms with E-state index in [1.54, 1.807) is 18.2 Å². The first kappa shape index (κ1) is 19.6. The van der Waals surface area contributed by atoms with Crippen LogP contribution in [0.4, 0.5) is 5.69 Å².